The molecule has 1 aliphatic rings. The predicted molar refractivity (Wildman–Crippen MR) is 81.8 cm³/mol. The third-order valence-corrected chi connectivity index (χ3v) is 6.62. The normalized spacial score (nSPS) is 17.6. The summed E-state index contributed by atoms with van der Waals surface area (Å²) in [5.74, 6) is 0.564. The highest BCUT2D eigenvalue weighted by Gasteiger charge is 2.26. The number of hydrogen-bond donors (Lipinski definition) is 1. The molecule has 2 rings (SSSR count). The van der Waals surface area contributed by atoms with E-state index in [0.717, 1.165) is 17.9 Å². The number of carboxylic acids is 1. The van der Waals surface area contributed by atoms with Gasteiger partial charge in [0.2, 0.25) is 10.0 Å². The van der Waals surface area contributed by atoms with Gasteiger partial charge in [-0.2, -0.15) is 16.1 Å². The van der Waals surface area contributed by atoms with Gasteiger partial charge >= 0.3 is 5.97 Å². The van der Waals surface area contributed by atoms with E-state index in [-0.39, 0.29) is 10.5 Å². The molecule has 110 valence electrons. The van der Waals surface area contributed by atoms with Crippen molar-refractivity contribution in [2.24, 2.45) is 0 Å². The molecule has 0 spiro atoms. The summed E-state index contributed by atoms with van der Waals surface area (Å²) in [5, 5.41) is 9.07. The van der Waals surface area contributed by atoms with Crippen LogP contribution in [0, 0.1) is 0 Å². The number of thioether (sulfide) groups is 1. The van der Waals surface area contributed by atoms with E-state index >= 15 is 0 Å². The summed E-state index contributed by atoms with van der Waals surface area (Å²) in [6.07, 6.45) is 0.812. The molecule has 0 amide bonds. The lowest BCUT2D eigenvalue weighted by molar-refractivity contribution is 0.0695. The zero-order valence-corrected chi connectivity index (χ0v) is 13.8. The van der Waals surface area contributed by atoms with Crippen molar-refractivity contribution < 1.29 is 18.3 Å². The highest BCUT2D eigenvalue weighted by molar-refractivity contribution is 9.10. The second-order valence-corrected chi connectivity index (χ2v) is 8.33. The van der Waals surface area contributed by atoms with Gasteiger partial charge in [0.1, 0.15) is 0 Å². The van der Waals surface area contributed by atoms with Crippen LogP contribution >= 0.6 is 27.7 Å². The fraction of sp³-hybridized carbons (Fsp3) is 0.417. The summed E-state index contributed by atoms with van der Waals surface area (Å²) in [4.78, 5) is 11.1. The van der Waals surface area contributed by atoms with E-state index in [1.807, 2.05) is 0 Å². The second kappa shape index (κ2) is 6.46. The molecular weight excluding hydrogens is 366 g/mol. The van der Waals surface area contributed by atoms with Gasteiger partial charge in [0, 0.05) is 23.3 Å². The maximum absolute atomic E-state index is 12.5. The number of carboxylic acid groups (broad SMARTS) is 1. The van der Waals surface area contributed by atoms with Gasteiger partial charge in [-0.1, -0.05) is 0 Å². The van der Waals surface area contributed by atoms with Crippen LogP contribution in [0.5, 0.6) is 0 Å². The fourth-order valence-electron chi connectivity index (χ4n) is 1.94. The number of rotatable bonds is 3. The first kappa shape index (κ1) is 15.8. The van der Waals surface area contributed by atoms with Crippen LogP contribution < -0.4 is 0 Å². The third kappa shape index (κ3) is 3.36. The van der Waals surface area contributed by atoms with Crippen molar-refractivity contribution in [1.29, 1.82) is 0 Å². The molecule has 1 heterocycles. The molecular formula is C12H14BrNO4S2. The number of hydrogen-bond acceptors (Lipinski definition) is 4. The summed E-state index contributed by atoms with van der Waals surface area (Å²) in [7, 11) is -3.62. The van der Waals surface area contributed by atoms with Crippen LogP contribution in [0.15, 0.2) is 27.6 Å². The Kier molecular flexibility index (Phi) is 5.11. The van der Waals surface area contributed by atoms with Crippen LogP contribution in [-0.4, -0.2) is 48.4 Å². The molecule has 0 unspecified atom stereocenters. The molecule has 1 aliphatic heterocycles. The number of sulfonamides is 1. The molecule has 20 heavy (non-hydrogen) atoms. The van der Waals surface area contributed by atoms with Crippen LogP contribution in [0.3, 0.4) is 0 Å². The monoisotopic (exact) mass is 379 g/mol. The van der Waals surface area contributed by atoms with E-state index in [9.17, 15) is 13.2 Å². The van der Waals surface area contributed by atoms with E-state index in [1.54, 1.807) is 11.8 Å². The number of nitrogens with zero attached hydrogens (tertiary/aromatic N) is 1. The zero-order chi connectivity index (χ0) is 14.8. The van der Waals surface area contributed by atoms with Gasteiger partial charge in [-0.05, 0) is 46.3 Å². The Morgan fingerprint density at radius 2 is 2.05 bits per heavy atom. The minimum Gasteiger partial charge on any atom is -0.478 e. The summed E-state index contributed by atoms with van der Waals surface area (Å²) >= 11 is 4.85. The van der Waals surface area contributed by atoms with Crippen molar-refractivity contribution in [2.75, 3.05) is 24.6 Å². The Balaban J connectivity index is 2.38. The van der Waals surface area contributed by atoms with Crippen molar-refractivity contribution in [2.45, 2.75) is 11.3 Å². The Bertz CT molecular complexity index is 610. The lowest BCUT2D eigenvalue weighted by Gasteiger charge is -2.20. The summed E-state index contributed by atoms with van der Waals surface area (Å²) in [6.45, 7) is 0.944. The van der Waals surface area contributed by atoms with Crippen molar-refractivity contribution in [3.8, 4) is 0 Å². The highest BCUT2D eigenvalue weighted by atomic mass is 79.9. The number of carbonyl (C=O) groups is 1. The van der Waals surface area contributed by atoms with E-state index in [0.29, 0.717) is 17.6 Å². The Labute approximate surface area is 130 Å². The quantitative estimate of drug-likeness (QED) is 0.871. The Morgan fingerprint density at radius 1 is 1.30 bits per heavy atom. The van der Waals surface area contributed by atoms with E-state index in [4.69, 9.17) is 5.11 Å². The molecule has 8 heteroatoms. The number of halogens is 1. The molecule has 1 fully saturated rings. The summed E-state index contributed by atoms with van der Waals surface area (Å²) in [6, 6.07) is 4.10. The second-order valence-electron chi connectivity index (χ2n) is 4.32. The molecule has 0 saturated carbocycles. The van der Waals surface area contributed by atoms with Crippen LogP contribution in [0.25, 0.3) is 0 Å². The molecule has 1 aromatic rings. The minimum absolute atomic E-state index is 0.0324. The molecule has 0 aliphatic carbocycles. The number of aromatic carboxylic acids is 1. The molecule has 0 atom stereocenters. The molecule has 1 saturated heterocycles. The molecule has 0 radical (unpaired) electrons. The summed E-state index contributed by atoms with van der Waals surface area (Å²) in [5.41, 5.74) is -0.0460. The molecule has 5 nitrogen and oxygen atoms in total. The lowest BCUT2D eigenvalue weighted by Crippen LogP contribution is -2.33. The molecule has 1 aromatic carbocycles. The average molecular weight is 380 g/mol. The van der Waals surface area contributed by atoms with Crippen molar-refractivity contribution >= 4 is 43.7 Å². The zero-order valence-electron chi connectivity index (χ0n) is 10.6. The maximum Gasteiger partial charge on any atom is 0.336 e. The van der Waals surface area contributed by atoms with Gasteiger partial charge in [0.15, 0.2) is 0 Å². The molecule has 0 aromatic heterocycles. The lowest BCUT2D eigenvalue weighted by atomic mass is 10.2. The first-order chi connectivity index (χ1) is 9.43. The van der Waals surface area contributed by atoms with Crippen LogP contribution in [0.4, 0.5) is 0 Å². The number of benzene rings is 1. The van der Waals surface area contributed by atoms with Gasteiger partial charge in [-0.25, -0.2) is 13.2 Å². The van der Waals surface area contributed by atoms with Gasteiger partial charge in [0.05, 0.1) is 10.5 Å². The van der Waals surface area contributed by atoms with Crippen molar-refractivity contribution in [3.63, 3.8) is 0 Å². The van der Waals surface area contributed by atoms with Crippen LogP contribution in [0.2, 0.25) is 0 Å². The van der Waals surface area contributed by atoms with E-state index in [1.165, 1.54) is 22.5 Å². The fourth-order valence-corrected chi connectivity index (χ4v) is 4.87. The Hall–Kier alpha value is -0.570. The van der Waals surface area contributed by atoms with Crippen molar-refractivity contribution in [1.82, 2.24) is 4.31 Å². The topological polar surface area (TPSA) is 74.7 Å². The molecule has 0 bridgehead atoms. The molecule has 1 N–H and O–H groups in total. The van der Waals surface area contributed by atoms with Gasteiger partial charge in [0.25, 0.3) is 0 Å². The summed E-state index contributed by atoms with van der Waals surface area (Å²) < 4.78 is 26.9. The largest absolute Gasteiger partial charge is 0.478 e. The van der Waals surface area contributed by atoms with Crippen molar-refractivity contribution in [3.05, 3.63) is 28.2 Å². The van der Waals surface area contributed by atoms with Gasteiger partial charge in [-0.15, -0.1) is 0 Å². The van der Waals surface area contributed by atoms with E-state index in [2.05, 4.69) is 15.9 Å². The first-order valence-electron chi connectivity index (χ1n) is 6.03. The predicted octanol–water partition coefficient (Wildman–Crippen LogP) is 2.27. The minimum atomic E-state index is -3.62. The highest BCUT2D eigenvalue weighted by Crippen LogP contribution is 2.24. The van der Waals surface area contributed by atoms with E-state index < -0.39 is 16.0 Å². The SMILES string of the molecule is O=C(O)c1cc(S(=O)(=O)N2CCCSCC2)ccc1Br. The standard InChI is InChI=1S/C12H14BrNO4S2/c13-11-3-2-9(8-10(11)12(15)16)20(17,18)14-4-1-6-19-7-5-14/h2-3,8H,1,4-7H2,(H,15,16). The van der Waals surface area contributed by atoms with Gasteiger partial charge < -0.3 is 5.11 Å². The average Bonchev–Trinajstić information content (AvgIpc) is 2.67. The third-order valence-electron chi connectivity index (χ3n) is 2.99. The Morgan fingerprint density at radius 3 is 2.75 bits per heavy atom. The van der Waals surface area contributed by atoms with Crippen LogP contribution in [0.1, 0.15) is 16.8 Å². The van der Waals surface area contributed by atoms with Crippen LogP contribution in [-0.2, 0) is 10.0 Å². The maximum atomic E-state index is 12.5. The smallest absolute Gasteiger partial charge is 0.336 e. The first-order valence-corrected chi connectivity index (χ1v) is 9.42. The van der Waals surface area contributed by atoms with Gasteiger partial charge in [-0.3, -0.25) is 0 Å².